The summed E-state index contributed by atoms with van der Waals surface area (Å²) in [5, 5.41) is 8.11. The Morgan fingerprint density at radius 2 is 1.76 bits per heavy atom. The number of hydrogen-bond acceptors (Lipinski definition) is 7. The molecule has 180 valence electrons. The zero-order valence-electron chi connectivity index (χ0n) is 19.4. The quantitative estimate of drug-likeness (QED) is 0.538. The SMILES string of the molecule is COc1cc(N2C[C@H]3CC[C@@H](C2)[C@@H]3Nc2nc(Oc3cc(F)cc(F)c3)n(C(C)C)n2)ccn1. The second-order valence-corrected chi connectivity index (χ2v) is 9.19. The van der Waals surface area contributed by atoms with Crippen LogP contribution in [0.4, 0.5) is 20.4 Å². The molecule has 2 bridgehead atoms. The highest BCUT2D eigenvalue weighted by atomic mass is 19.1. The molecule has 1 aliphatic heterocycles. The highest BCUT2D eigenvalue weighted by molar-refractivity contribution is 5.49. The summed E-state index contributed by atoms with van der Waals surface area (Å²) in [6, 6.07) is 7.42. The van der Waals surface area contributed by atoms with Crippen molar-refractivity contribution in [3.05, 3.63) is 48.2 Å². The first-order valence-electron chi connectivity index (χ1n) is 11.5. The standard InChI is InChI=1S/C24H28F2N6O2/c1-14(2)32-24(34-20-9-17(25)8-18(26)10-20)29-23(30-32)28-22-15-4-5-16(22)13-31(12-15)19-6-7-27-21(11-19)33-3/h6-11,14-16,22H,4-5,12-13H2,1-3H3,(H,28,30)/t15-,16+,22-. The molecule has 10 heteroatoms. The lowest BCUT2D eigenvalue weighted by molar-refractivity contribution is 0.371. The maximum absolute atomic E-state index is 13.6. The normalized spacial score (nSPS) is 21.7. The Bertz CT molecular complexity index is 1140. The fourth-order valence-electron chi connectivity index (χ4n) is 4.99. The van der Waals surface area contributed by atoms with Gasteiger partial charge in [0.1, 0.15) is 17.4 Å². The molecular weight excluding hydrogens is 442 g/mol. The van der Waals surface area contributed by atoms with Crippen molar-refractivity contribution in [1.82, 2.24) is 19.7 Å². The van der Waals surface area contributed by atoms with Gasteiger partial charge in [-0.15, -0.1) is 5.10 Å². The molecule has 1 saturated carbocycles. The van der Waals surface area contributed by atoms with Gasteiger partial charge in [0.05, 0.1) is 13.2 Å². The van der Waals surface area contributed by atoms with Crippen LogP contribution in [-0.4, -0.2) is 46.0 Å². The van der Waals surface area contributed by atoms with Crippen LogP contribution in [0.5, 0.6) is 17.6 Å². The van der Waals surface area contributed by atoms with Crippen LogP contribution in [0.2, 0.25) is 0 Å². The van der Waals surface area contributed by atoms with Gasteiger partial charge in [-0.25, -0.2) is 18.4 Å². The molecule has 0 radical (unpaired) electrons. The van der Waals surface area contributed by atoms with Crippen molar-refractivity contribution in [3.63, 3.8) is 0 Å². The average molecular weight is 471 g/mol. The number of piperidine rings is 1. The third-order valence-corrected chi connectivity index (χ3v) is 6.56. The van der Waals surface area contributed by atoms with Crippen molar-refractivity contribution in [3.8, 4) is 17.6 Å². The number of nitrogens with one attached hydrogen (secondary N) is 1. The van der Waals surface area contributed by atoms with Crippen molar-refractivity contribution in [2.45, 2.75) is 38.8 Å². The molecule has 1 saturated heterocycles. The summed E-state index contributed by atoms with van der Waals surface area (Å²) in [6.07, 6.45) is 4.02. The van der Waals surface area contributed by atoms with Crippen molar-refractivity contribution in [1.29, 1.82) is 0 Å². The van der Waals surface area contributed by atoms with Crippen molar-refractivity contribution < 1.29 is 18.3 Å². The van der Waals surface area contributed by atoms with Crippen LogP contribution in [0.15, 0.2) is 36.5 Å². The van der Waals surface area contributed by atoms with Gasteiger partial charge in [-0.2, -0.15) is 4.98 Å². The van der Waals surface area contributed by atoms with E-state index in [1.165, 1.54) is 0 Å². The predicted molar refractivity (Wildman–Crippen MR) is 123 cm³/mol. The van der Waals surface area contributed by atoms with E-state index >= 15 is 0 Å². The number of anilines is 2. The summed E-state index contributed by atoms with van der Waals surface area (Å²) in [6.45, 7) is 5.72. The average Bonchev–Trinajstić information content (AvgIpc) is 3.29. The van der Waals surface area contributed by atoms with E-state index < -0.39 is 11.6 Å². The highest BCUT2D eigenvalue weighted by Gasteiger charge is 2.42. The Labute approximate surface area is 196 Å². The Balaban J connectivity index is 1.32. The Hall–Kier alpha value is -3.43. The van der Waals surface area contributed by atoms with Crippen LogP contribution in [0.3, 0.4) is 0 Å². The van der Waals surface area contributed by atoms with Gasteiger partial charge in [-0.3, -0.25) is 0 Å². The molecule has 3 atom stereocenters. The summed E-state index contributed by atoms with van der Waals surface area (Å²) < 4.78 is 39.8. The zero-order valence-corrected chi connectivity index (χ0v) is 19.4. The first-order chi connectivity index (χ1) is 16.4. The molecule has 0 amide bonds. The molecule has 3 aromatic rings. The molecule has 34 heavy (non-hydrogen) atoms. The second-order valence-electron chi connectivity index (χ2n) is 9.19. The minimum absolute atomic E-state index is 0.0412. The number of hydrogen-bond donors (Lipinski definition) is 1. The molecule has 8 nitrogen and oxygen atoms in total. The van der Waals surface area contributed by atoms with Crippen LogP contribution in [0.25, 0.3) is 0 Å². The van der Waals surface area contributed by atoms with Crippen LogP contribution in [0.1, 0.15) is 32.7 Å². The molecule has 2 aliphatic rings. The molecule has 1 aliphatic carbocycles. The van der Waals surface area contributed by atoms with E-state index in [4.69, 9.17) is 9.47 Å². The molecule has 2 aromatic heterocycles. The second kappa shape index (κ2) is 9.08. The smallest absolute Gasteiger partial charge is 0.322 e. The molecule has 1 N–H and O–H groups in total. The third kappa shape index (κ3) is 4.49. The van der Waals surface area contributed by atoms with E-state index in [-0.39, 0.29) is 23.8 Å². The number of rotatable bonds is 7. The third-order valence-electron chi connectivity index (χ3n) is 6.56. The van der Waals surface area contributed by atoms with E-state index in [2.05, 4.69) is 25.3 Å². The highest BCUT2D eigenvalue weighted by Crippen LogP contribution is 2.40. The fraction of sp³-hybridized carbons (Fsp3) is 0.458. The lowest BCUT2D eigenvalue weighted by Gasteiger charge is -2.39. The summed E-state index contributed by atoms with van der Waals surface area (Å²) >= 11 is 0. The Morgan fingerprint density at radius 3 is 2.41 bits per heavy atom. The van der Waals surface area contributed by atoms with E-state index in [0.717, 1.165) is 49.8 Å². The molecule has 1 aromatic carbocycles. The number of ether oxygens (including phenoxy) is 2. The maximum Gasteiger partial charge on any atom is 0.322 e. The van der Waals surface area contributed by atoms with Crippen molar-refractivity contribution in [2.24, 2.45) is 11.8 Å². The first-order valence-corrected chi connectivity index (χ1v) is 11.5. The van der Waals surface area contributed by atoms with Gasteiger partial charge in [0.25, 0.3) is 0 Å². The van der Waals surface area contributed by atoms with Crippen LogP contribution < -0.4 is 19.7 Å². The topological polar surface area (TPSA) is 77.3 Å². The number of methoxy groups -OCH3 is 1. The Morgan fingerprint density at radius 1 is 1.06 bits per heavy atom. The van der Waals surface area contributed by atoms with Crippen LogP contribution >= 0.6 is 0 Å². The zero-order chi connectivity index (χ0) is 23.8. The van der Waals surface area contributed by atoms with Gasteiger partial charge in [-0.1, -0.05) is 0 Å². The summed E-state index contributed by atoms with van der Waals surface area (Å²) in [4.78, 5) is 11.1. The lowest BCUT2D eigenvalue weighted by atomic mass is 9.92. The van der Waals surface area contributed by atoms with Gasteiger partial charge in [0, 0.05) is 55.3 Å². The first kappa shape index (κ1) is 22.4. The van der Waals surface area contributed by atoms with Crippen molar-refractivity contribution >= 4 is 11.6 Å². The summed E-state index contributed by atoms with van der Waals surface area (Å²) in [7, 11) is 1.62. The van der Waals surface area contributed by atoms with Gasteiger partial charge in [0.2, 0.25) is 11.8 Å². The van der Waals surface area contributed by atoms with Crippen LogP contribution in [0, 0.1) is 23.5 Å². The van der Waals surface area contributed by atoms with Crippen LogP contribution in [-0.2, 0) is 0 Å². The van der Waals surface area contributed by atoms with Gasteiger partial charge >= 0.3 is 6.01 Å². The maximum atomic E-state index is 13.6. The largest absolute Gasteiger partial charge is 0.481 e. The monoisotopic (exact) mass is 470 g/mol. The van der Waals surface area contributed by atoms with E-state index in [1.807, 2.05) is 26.0 Å². The van der Waals surface area contributed by atoms with E-state index in [0.29, 0.717) is 23.7 Å². The molecule has 2 fully saturated rings. The summed E-state index contributed by atoms with van der Waals surface area (Å²) in [5.41, 5.74) is 1.11. The molecule has 0 spiro atoms. The van der Waals surface area contributed by atoms with E-state index in [1.54, 1.807) is 18.0 Å². The van der Waals surface area contributed by atoms with Gasteiger partial charge in [-0.05, 0) is 44.6 Å². The van der Waals surface area contributed by atoms with Gasteiger partial charge in [0.15, 0.2) is 0 Å². The fourth-order valence-corrected chi connectivity index (χ4v) is 4.99. The summed E-state index contributed by atoms with van der Waals surface area (Å²) in [5.74, 6) is 0.564. The van der Waals surface area contributed by atoms with Crippen molar-refractivity contribution in [2.75, 3.05) is 30.4 Å². The Kier molecular flexibility index (Phi) is 5.97. The van der Waals surface area contributed by atoms with Gasteiger partial charge < -0.3 is 19.7 Å². The minimum Gasteiger partial charge on any atom is -0.481 e. The lowest BCUT2D eigenvalue weighted by Crippen LogP contribution is -2.48. The predicted octanol–water partition coefficient (Wildman–Crippen LogP) is 4.66. The molecule has 5 rings (SSSR count). The molecule has 0 unspecified atom stereocenters. The number of halogens is 2. The van der Waals surface area contributed by atoms with E-state index in [9.17, 15) is 8.78 Å². The molecular formula is C24H28F2N6O2. The minimum atomic E-state index is -0.709. The number of nitrogens with zero attached hydrogens (tertiary/aromatic N) is 5. The number of benzene rings is 1. The number of aromatic nitrogens is 4. The number of pyridine rings is 1. The number of fused-ring (bicyclic) bond motifs is 2. The molecule has 3 heterocycles.